The lowest BCUT2D eigenvalue weighted by Crippen LogP contribution is -2.13. The SMILES string of the molecule is CNc1cc(SCC(C)CO)nc(C(F)(F)F)n1. The Balaban J connectivity index is 2.91. The molecular weight excluding hydrogens is 267 g/mol. The molecule has 0 bridgehead atoms. The lowest BCUT2D eigenvalue weighted by molar-refractivity contribution is -0.145. The fourth-order valence-corrected chi connectivity index (χ4v) is 1.94. The van der Waals surface area contributed by atoms with Crippen LogP contribution in [0.15, 0.2) is 11.1 Å². The van der Waals surface area contributed by atoms with Crippen LogP contribution in [0.1, 0.15) is 12.7 Å². The third-order valence-electron chi connectivity index (χ3n) is 2.04. The lowest BCUT2D eigenvalue weighted by Gasteiger charge is -2.11. The van der Waals surface area contributed by atoms with Crippen molar-refractivity contribution in [3.05, 3.63) is 11.9 Å². The Hall–Kier alpha value is -1.02. The molecule has 102 valence electrons. The summed E-state index contributed by atoms with van der Waals surface area (Å²) in [5.41, 5.74) is 0. The highest BCUT2D eigenvalue weighted by molar-refractivity contribution is 7.99. The topological polar surface area (TPSA) is 58.0 Å². The van der Waals surface area contributed by atoms with Gasteiger partial charge in [-0.3, -0.25) is 0 Å². The number of anilines is 1. The fraction of sp³-hybridized carbons (Fsp3) is 0.600. The molecule has 2 N–H and O–H groups in total. The van der Waals surface area contributed by atoms with Gasteiger partial charge in [0.15, 0.2) is 0 Å². The van der Waals surface area contributed by atoms with Crippen molar-refractivity contribution in [3.8, 4) is 0 Å². The summed E-state index contributed by atoms with van der Waals surface area (Å²) in [5, 5.41) is 11.7. The molecule has 0 radical (unpaired) electrons. The van der Waals surface area contributed by atoms with E-state index in [1.54, 1.807) is 6.92 Å². The maximum Gasteiger partial charge on any atom is 0.451 e. The van der Waals surface area contributed by atoms with Gasteiger partial charge < -0.3 is 10.4 Å². The summed E-state index contributed by atoms with van der Waals surface area (Å²) >= 11 is 1.16. The van der Waals surface area contributed by atoms with Crippen LogP contribution in [-0.4, -0.2) is 34.5 Å². The van der Waals surface area contributed by atoms with E-state index in [9.17, 15) is 13.2 Å². The highest BCUT2D eigenvalue weighted by Crippen LogP contribution is 2.29. The van der Waals surface area contributed by atoms with E-state index >= 15 is 0 Å². The first-order valence-corrected chi connectivity index (χ1v) is 6.23. The van der Waals surface area contributed by atoms with Gasteiger partial charge in [-0.15, -0.1) is 11.8 Å². The molecule has 0 spiro atoms. The van der Waals surface area contributed by atoms with Crippen molar-refractivity contribution in [2.45, 2.75) is 18.1 Å². The second-order valence-corrected chi connectivity index (χ2v) is 4.80. The van der Waals surface area contributed by atoms with Crippen LogP contribution in [0.4, 0.5) is 19.0 Å². The average molecular weight is 281 g/mol. The number of alkyl halides is 3. The number of rotatable bonds is 5. The number of aromatic nitrogens is 2. The zero-order chi connectivity index (χ0) is 13.8. The monoisotopic (exact) mass is 281 g/mol. The molecule has 1 atom stereocenters. The first-order chi connectivity index (χ1) is 8.36. The van der Waals surface area contributed by atoms with Crippen LogP contribution < -0.4 is 5.32 Å². The van der Waals surface area contributed by atoms with Crippen molar-refractivity contribution >= 4 is 17.6 Å². The summed E-state index contributed by atoms with van der Waals surface area (Å²) in [4.78, 5) is 6.82. The molecule has 0 fully saturated rings. The normalized spacial score (nSPS) is 13.4. The Morgan fingerprint density at radius 2 is 2.11 bits per heavy atom. The number of hydrogen-bond donors (Lipinski definition) is 2. The molecule has 0 saturated carbocycles. The van der Waals surface area contributed by atoms with E-state index in [4.69, 9.17) is 5.11 Å². The quantitative estimate of drug-likeness (QED) is 0.640. The summed E-state index contributed by atoms with van der Waals surface area (Å²) in [6.45, 7) is 1.79. The van der Waals surface area contributed by atoms with E-state index in [2.05, 4.69) is 15.3 Å². The highest BCUT2D eigenvalue weighted by atomic mass is 32.2. The van der Waals surface area contributed by atoms with Gasteiger partial charge >= 0.3 is 6.18 Å². The van der Waals surface area contributed by atoms with Gasteiger partial charge in [-0.25, -0.2) is 9.97 Å². The first-order valence-electron chi connectivity index (χ1n) is 5.24. The molecule has 8 heteroatoms. The van der Waals surface area contributed by atoms with Crippen molar-refractivity contribution in [2.75, 3.05) is 24.7 Å². The van der Waals surface area contributed by atoms with Gasteiger partial charge in [0.25, 0.3) is 0 Å². The van der Waals surface area contributed by atoms with Gasteiger partial charge in [0.05, 0.1) is 0 Å². The van der Waals surface area contributed by atoms with Gasteiger partial charge in [0.1, 0.15) is 10.8 Å². The van der Waals surface area contributed by atoms with Crippen LogP contribution in [0.5, 0.6) is 0 Å². The van der Waals surface area contributed by atoms with Crippen molar-refractivity contribution in [3.63, 3.8) is 0 Å². The van der Waals surface area contributed by atoms with Crippen LogP contribution in [0, 0.1) is 5.92 Å². The average Bonchev–Trinajstić information content (AvgIpc) is 2.34. The minimum absolute atomic E-state index is 0.00247. The van der Waals surface area contributed by atoms with Crippen molar-refractivity contribution in [1.29, 1.82) is 0 Å². The van der Waals surface area contributed by atoms with E-state index in [1.165, 1.54) is 13.1 Å². The van der Waals surface area contributed by atoms with E-state index in [-0.39, 0.29) is 23.4 Å². The molecule has 18 heavy (non-hydrogen) atoms. The number of aliphatic hydroxyl groups excluding tert-OH is 1. The maximum absolute atomic E-state index is 12.5. The molecule has 0 amide bonds. The molecule has 0 aromatic carbocycles. The third-order valence-corrected chi connectivity index (χ3v) is 3.28. The number of thioether (sulfide) groups is 1. The van der Waals surface area contributed by atoms with Gasteiger partial charge in [-0.05, 0) is 5.92 Å². The van der Waals surface area contributed by atoms with Crippen molar-refractivity contribution < 1.29 is 18.3 Å². The Morgan fingerprint density at radius 3 is 2.61 bits per heavy atom. The predicted octanol–water partition coefficient (Wildman–Crippen LogP) is 2.26. The predicted molar refractivity (Wildman–Crippen MR) is 63.6 cm³/mol. The second-order valence-electron chi connectivity index (χ2n) is 3.76. The number of nitrogens with zero attached hydrogens (tertiary/aromatic N) is 2. The van der Waals surface area contributed by atoms with E-state index in [0.29, 0.717) is 5.75 Å². The van der Waals surface area contributed by atoms with Crippen LogP contribution in [0.2, 0.25) is 0 Å². The zero-order valence-electron chi connectivity index (χ0n) is 9.95. The number of nitrogens with one attached hydrogen (secondary N) is 1. The molecule has 1 unspecified atom stereocenters. The summed E-state index contributed by atoms with van der Waals surface area (Å²) in [5.74, 6) is -0.546. The lowest BCUT2D eigenvalue weighted by atomic mass is 10.2. The first kappa shape index (κ1) is 15.0. The van der Waals surface area contributed by atoms with Gasteiger partial charge in [-0.1, -0.05) is 6.92 Å². The van der Waals surface area contributed by atoms with Gasteiger partial charge in [-0.2, -0.15) is 13.2 Å². The second kappa shape index (κ2) is 6.24. The Bertz CT molecular complexity index is 400. The molecule has 1 aromatic rings. The van der Waals surface area contributed by atoms with E-state index in [0.717, 1.165) is 11.8 Å². The highest BCUT2D eigenvalue weighted by Gasteiger charge is 2.35. The summed E-state index contributed by atoms with van der Waals surface area (Å²) in [6.07, 6.45) is -4.56. The Morgan fingerprint density at radius 1 is 1.44 bits per heavy atom. The molecule has 0 aliphatic heterocycles. The molecule has 1 rings (SSSR count). The summed E-state index contributed by atoms with van der Waals surface area (Å²) < 4.78 is 37.6. The Kier molecular flexibility index (Phi) is 5.21. The van der Waals surface area contributed by atoms with Crippen LogP contribution in [0.25, 0.3) is 0 Å². The van der Waals surface area contributed by atoms with Crippen LogP contribution in [0.3, 0.4) is 0 Å². The minimum atomic E-state index is -4.56. The molecule has 4 nitrogen and oxygen atoms in total. The smallest absolute Gasteiger partial charge is 0.396 e. The maximum atomic E-state index is 12.5. The summed E-state index contributed by atoms with van der Waals surface area (Å²) in [6, 6.07) is 1.45. The minimum Gasteiger partial charge on any atom is -0.396 e. The Labute approximate surface area is 107 Å². The third kappa shape index (κ3) is 4.34. The number of halogens is 3. The molecule has 0 aliphatic rings. The number of hydrogen-bond acceptors (Lipinski definition) is 5. The van der Waals surface area contributed by atoms with Gasteiger partial charge in [0, 0.05) is 25.5 Å². The van der Waals surface area contributed by atoms with Crippen LogP contribution in [-0.2, 0) is 6.18 Å². The molecule has 0 aliphatic carbocycles. The molecule has 1 aromatic heterocycles. The molecule has 1 heterocycles. The van der Waals surface area contributed by atoms with Crippen molar-refractivity contribution in [1.82, 2.24) is 9.97 Å². The van der Waals surface area contributed by atoms with E-state index < -0.39 is 12.0 Å². The standard InChI is InChI=1S/C10H14F3N3OS/c1-6(4-17)5-18-8-3-7(14-2)15-9(16-8)10(11,12)13/h3,6,17H,4-5H2,1-2H3,(H,14,15,16). The van der Waals surface area contributed by atoms with Crippen LogP contribution >= 0.6 is 11.8 Å². The molecule has 0 saturated heterocycles. The fourth-order valence-electron chi connectivity index (χ4n) is 1.03. The van der Waals surface area contributed by atoms with Gasteiger partial charge in [0.2, 0.25) is 5.82 Å². The van der Waals surface area contributed by atoms with E-state index in [1.807, 2.05) is 0 Å². The zero-order valence-corrected chi connectivity index (χ0v) is 10.8. The molecular formula is C10H14F3N3OS. The summed E-state index contributed by atoms with van der Waals surface area (Å²) in [7, 11) is 1.49. The van der Waals surface area contributed by atoms with Crippen molar-refractivity contribution in [2.24, 2.45) is 5.92 Å². The number of aliphatic hydroxyl groups is 1. The largest absolute Gasteiger partial charge is 0.451 e.